The first-order valence-electron chi connectivity index (χ1n) is 7.61. The first-order valence-corrected chi connectivity index (χ1v) is 8.60. The van der Waals surface area contributed by atoms with Crippen LogP contribution in [0.2, 0.25) is 0 Å². The Bertz CT molecular complexity index is 1070. The summed E-state index contributed by atoms with van der Waals surface area (Å²) in [5.74, 6) is 0.0703. The van der Waals surface area contributed by atoms with Crippen molar-refractivity contribution in [2.75, 3.05) is 11.1 Å². The maximum atomic E-state index is 12.2. The Labute approximate surface area is 151 Å². The van der Waals surface area contributed by atoms with Crippen molar-refractivity contribution in [2.45, 2.75) is 5.16 Å². The highest BCUT2D eigenvalue weighted by Crippen LogP contribution is 2.21. The number of anilines is 1. The highest BCUT2D eigenvalue weighted by Gasteiger charge is 2.09. The molecule has 0 saturated heterocycles. The van der Waals surface area contributed by atoms with Gasteiger partial charge in [0.25, 0.3) is 0 Å². The van der Waals surface area contributed by atoms with Crippen molar-refractivity contribution < 1.29 is 4.79 Å². The predicted octanol–water partition coefficient (Wildman–Crippen LogP) is 1.05. The summed E-state index contributed by atoms with van der Waals surface area (Å²) in [6, 6.07) is 11.2. The number of carbonyl (C=O) groups excluding carboxylic acids is 1. The van der Waals surface area contributed by atoms with Gasteiger partial charge in [0.2, 0.25) is 11.1 Å². The maximum Gasteiger partial charge on any atom is 0.234 e. The van der Waals surface area contributed by atoms with Gasteiger partial charge in [-0.15, -0.1) is 15.3 Å². The molecule has 130 valence electrons. The molecule has 3 aromatic heterocycles. The zero-order valence-electron chi connectivity index (χ0n) is 13.6. The van der Waals surface area contributed by atoms with Crippen LogP contribution in [0, 0.1) is 0 Å². The van der Waals surface area contributed by atoms with Crippen molar-refractivity contribution >= 4 is 29.0 Å². The van der Waals surface area contributed by atoms with Crippen LogP contribution in [0.5, 0.6) is 0 Å². The molecule has 10 nitrogen and oxygen atoms in total. The molecule has 3 heterocycles. The molecule has 11 heteroatoms. The standard InChI is InChI=1S/C15H13N9OS/c1-23-15(19-21-22-23)26-8-14(25)17-11-4-2-3-10(7-11)12-5-6-13-18-16-9-24(13)20-12/h2-7,9H,8H2,1H3,(H,17,25). The minimum Gasteiger partial charge on any atom is -0.325 e. The smallest absolute Gasteiger partial charge is 0.234 e. The van der Waals surface area contributed by atoms with Gasteiger partial charge in [0.1, 0.15) is 6.33 Å². The summed E-state index contributed by atoms with van der Waals surface area (Å²) in [6.07, 6.45) is 1.54. The van der Waals surface area contributed by atoms with E-state index >= 15 is 0 Å². The highest BCUT2D eigenvalue weighted by molar-refractivity contribution is 7.99. The third kappa shape index (κ3) is 3.37. The molecule has 0 aliphatic rings. The molecular weight excluding hydrogens is 354 g/mol. The van der Waals surface area contributed by atoms with Gasteiger partial charge in [0.05, 0.1) is 11.4 Å². The van der Waals surface area contributed by atoms with E-state index in [1.54, 1.807) is 17.9 Å². The van der Waals surface area contributed by atoms with Crippen LogP contribution in [0.25, 0.3) is 16.9 Å². The van der Waals surface area contributed by atoms with E-state index in [2.05, 4.69) is 36.1 Å². The molecule has 26 heavy (non-hydrogen) atoms. The number of fused-ring (bicyclic) bond motifs is 1. The largest absolute Gasteiger partial charge is 0.325 e. The average Bonchev–Trinajstić information content (AvgIpc) is 3.28. The normalized spacial score (nSPS) is 11.0. The van der Waals surface area contributed by atoms with Gasteiger partial charge < -0.3 is 5.32 Å². The van der Waals surface area contributed by atoms with Crippen LogP contribution >= 0.6 is 11.8 Å². The van der Waals surface area contributed by atoms with Crippen LogP contribution in [0.1, 0.15) is 0 Å². The summed E-state index contributed by atoms with van der Waals surface area (Å²) in [5, 5.41) is 26.8. The second-order valence-corrected chi connectivity index (χ2v) is 6.30. The van der Waals surface area contributed by atoms with Crippen molar-refractivity contribution in [3.05, 3.63) is 42.7 Å². The monoisotopic (exact) mass is 367 g/mol. The lowest BCUT2D eigenvalue weighted by atomic mass is 10.1. The number of aromatic nitrogens is 8. The van der Waals surface area contributed by atoms with Gasteiger partial charge in [0.15, 0.2) is 5.65 Å². The number of carbonyl (C=O) groups is 1. The highest BCUT2D eigenvalue weighted by atomic mass is 32.2. The van der Waals surface area contributed by atoms with Crippen molar-refractivity contribution in [3.63, 3.8) is 0 Å². The lowest BCUT2D eigenvalue weighted by Gasteiger charge is -2.07. The summed E-state index contributed by atoms with van der Waals surface area (Å²) in [4.78, 5) is 12.2. The molecule has 0 spiro atoms. The number of hydrogen-bond acceptors (Lipinski definition) is 8. The number of hydrogen-bond donors (Lipinski definition) is 1. The molecule has 1 aromatic carbocycles. The molecule has 0 radical (unpaired) electrons. The summed E-state index contributed by atoms with van der Waals surface area (Å²) < 4.78 is 3.12. The number of amides is 1. The maximum absolute atomic E-state index is 12.2. The van der Waals surface area contributed by atoms with E-state index in [-0.39, 0.29) is 11.7 Å². The number of aryl methyl sites for hydroxylation is 1. The van der Waals surface area contributed by atoms with Crippen molar-refractivity contribution in [3.8, 4) is 11.3 Å². The minimum absolute atomic E-state index is 0.141. The van der Waals surface area contributed by atoms with E-state index in [0.717, 1.165) is 11.3 Å². The molecule has 0 saturated carbocycles. The SMILES string of the molecule is Cn1nnnc1SCC(=O)Nc1cccc(-c2ccc3nncn3n2)c1. The predicted molar refractivity (Wildman–Crippen MR) is 94.4 cm³/mol. The quantitative estimate of drug-likeness (QED) is 0.520. The Hall–Kier alpha value is -3.34. The molecule has 0 atom stereocenters. The molecule has 0 aliphatic heterocycles. The molecular formula is C15H13N9OS. The van der Waals surface area contributed by atoms with Crippen LogP contribution in [0.3, 0.4) is 0 Å². The van der Waals surface area contributed by atoms with Gasteiger partial charge >= 0.3 is 0 Å². The first kappa shape index (κ1) is 16.1. The Balaban J connectivity index is 1.46. The lowest BCUT2D eigenvalue weighted by molar-refractivity contribution is -0.113. The van der Waals surface area contributed by atoms with Crippen molar-refractivity contribution in [1.82, 2.24) is 40.0 Å². The minimum atomic E-state index is -0.141. The van der Waals surface area contributed by atoms with Crippen LogP contribution in [-0.4, -0.2) is 51.7 Å². The van der Waals surface area contributed by atoms with E-state index in [1.807, 2.05) is 36.4 Å². The number of nitrogens with zero attached hydrogens (tertiary/aromatic N) is 8. The number of thioether (sulfide) groups is 1. The molecule has 0 bridgehead atoms. The van der Waals surface area contributed by atoms with Crippen molar-refractivity contribution in [1.29, 1.82) is 0 Å². The van der Waals surface area contributed by atoms with E-state index in [0.29, 0.717) is 16.5 Å². The van der Waals surface area contributed by atoms with E-state index in [9.17, 15) is 4.79 Å². The first-order chi connectivity index (χ1) is 12.7. The topological polar surface area (TPSA) is 116 Å². The third-order valence-electron chi connectivity index (χ3n) is 3.52. The zero-order chi connectivity index (χ0) is 17.9. The summed E-state index contributed by atoms with van der Waals surface area (Å²) in [7, 11) is 1.73. The number of rotatable bonds is 5. The van der Waals surface area contributed by atoms with Crippen LogP contribution in [0.4, 0.5) is 5.69 Å². The molecule has 1 N–H and O–H groups in total. The Morgan fingerprint density at radius 1 is 1.23 bits per heavy atom. The molecule has 0 unspecified atom stereocenters. The van der Waals surface area contributed by atoms with Gasteiger partial charge in [-0.2, -0.15) is 9.61 Å². The van der Waals surface area contributed by atoms with Gasteiger partial charge in [-0.3, -0.25) is 4.79 Å². The fourth-order valence-electron chi connectivity index (χ4n) is 2.31. The van der Waals surface area contributed by atoms with E-state index < -0.39 is 0 Å². The van der Waals surface area contributed by atoms with Crippen LogP contribution in [-0.2, 0) is 11.8 Å². The van der Waals surface area contributed by atoms with Crippen LogP contribution in [0.15, 0.2) is 47.9 Å². The average molecular weight is 367 g/mol. The number of nitrogens with one attached hydrogen (secondary N) is 1. The summed E-state index contributed by atoms with van der Waals surface area (Å²) >= 11 is 1.27. The molecule has 4 rings (SSSR count). The Morgan fingerprint density at radius 3 is 3.00 bits per heavy atom. The molecule has 1 amide bonds. The van der Waals surface area contributed by atoms with Crippen LogP contribution < -0.4 is 5.32 Å². The second kappa shape index (κ2) is 6.88. The van der Waals surface area contributed by atoms with E-state index in [4.69, 9.17) is 0 Å². The summed E-state index contributed by atoms with van der Waals surface area (Å²) in [6.45, 7) is 0. The Morgan fingerprint density at radius 2 is 2.15 bits per heavy atom. The zero-order valence-corrected chi connectivity index (χ0v) is 14.5. The van der Waals surface area contributed by atoms with Crippen molar-refractivity contribution in [2.24, 2.45) is 7.05 Å². The van der Waals surface area contributed by atoms with Gasteiger partial charge in [-0.1, -0.05) is 23.9 Å². The summed E-state index contributed by atoms with van der Waals surface area (Å²) in [5.41, 5.74) is 3.00. The fraction of sp³-hybridized carbons (Fsp3) is 0.133. The molecule has 0 fully saturated rings. The molecule has 0 aliphatic carbocycles. The third-order valence-corrected chi connectivity index (χ3v) is 4.53. The van der Waals surface area contributed by atoms with Gasteiger partial charge in [0, 0.05) is 18.3 Å². The van der Waals surface area contributed by atoms with Gasteiger partial charge in [-0.25, -0.2) is 4.68 Å². The second-order valence-electron chi connectivity index (χ2n) is 5.36. The van der Waals surface area contributed by atoms with Gasteiger partial charge in [-0.05, 0) is 34.7 Å². The Kier molecular flexibility index (Phi) is 4.27. The van der Waals surface area contributed by atoms with E-state index in [1.165, 1.54) is 16.4 Å². The fourth-order valence-corrected chi connectivity index (χ4v) is 2.96. The number of benzene rings is 1. The molecule has 4 aromatic rings. The lowest BCUT2D eigenvalue weighted by Crippen LogP contribution is -2.14. The number of tetrazole rings is 1.